The van der Waals surface area contributed by atoms with Crippen molar-refractivity contribution < 1.29 is 9.53 Å². The van der Waals surface area contributed by atoms with Gasteiger partial charge in [0.2, 0.25) is 0 Å². The molecule has 2 atom stereocenters. The number of rotatable bonds is 5. The van der Waals surface area contributed by atoms with Gasteiger partial charge in [-0.1, -0.05) is 43.2 Å². The third-order valence-electron chi connectivity index (χ3n) is 2.50. The quantitative estimate of drug-likeness (QED) is 0.786. The predicted octanol–water partition coefficient (Wildman–Crippen LogP) is 1.90. The van der Waals surface area contributed by atoms with E-state index in [1.807, 2.05) is 37.3 Å². The Morgan fingerprint density at radius 3 is 2.59 bits per heavy atom. The summed E-state index contributed by atoms with van der Waals surface area (Å²) in [6.45, 7) is 1.93. The van der Waals surface area contributed by atoms with Gasteiger partial charge in [0.05, 0.1) is 6.04 Å². The zero-order chi connectivity index (χ0) is 12.7. The number of carbonyl (C=O) groups is 1. The number of methoxy groups -OCH3 is 1. The third kappa shape index (κ3) is 3.61. The minimum Gasteiger partial charge on any atom is -0.367 e. The van der Waals surface area contributed by atoms with E-state index >= 15 is 0 Å². The molecule has 0 aliphatic heterocycles. The molecule has 3 nitrogen and oxygen atoms in total. The predicted molar refractivity (Wildman–Crippen MR) is 67.2 cm³/mol. The molecule has 0 fully saturated rings. The highest BCUT2D eigenvalue weighted by Crippen LogP contribution is 2.16. The normalized spacial score (nSPS) is 13.5. The highest BCUT2D eigenvalue weighted by molar-refractivity contribution is 5.82. The Labute approximate surface area is 102 Å². The Bertz CT molecular complexity index is 394. The molecule has 0 aromatic heterocycles. The van der Waals surface area contributed by atoms with Gasteiger partial charge in [-0.3, -0.25) is 4.79 Å². The molecule has 17 heavy (non-hydrogen) atoms. The van der Waals surface area contributed by atoms with Crippen LogP contribution >= 0.6 is 0 Å². The van der Waals surface area contributed by atoms with E-state index in [4.69, 9.17) is 11.2 Å². The van der Waals surface area contributed by atoms with Crippen LogP contribution in [-0.2, 0) is 9.53 Å². The summed E-state index contributed by atoms with van der Waals surface area (Å²) in [5.74, 6) is 2.32. The van der Waals surface area contributed by atoms with Gasteiger partial charge in [-0.2, -0.15) is 0 Å². The Morgan fingerprint density at radius 1 is 1.47 bits per heavy atom. The molecule has 0 heterocycles. The summed E-state index contributed by atoms with van der Waals surface area (Å²) in [6, 6.07) is 9.09. The van der Waals surface area contributed by atoms with Crippen LogP contribution in [0.1, 0.15) is 25.0 Å². The minimum atomic E-state index is -0.612. The second-order valence-corrected chi connectivity index (χ2v) is 3.66. The summed E-state index contributed by atoms with van der Waals surface area (Å²) >= 11 is 0. The van der Waals surface area contributed by atoms with E-state index in [9.17, 15) is 4.79 Å². The summed E-state index contributed by atoms with van der Waals surface area (Å²) in [4.78, 5) is 12.0. The number of nitrogens with one attached hydrogen (secondary N) is 1. The third-order valence-corrected chi connectivity index (χ3v) is 2.50. The van der Waals surface area contributed by atoms with E-state index in [0.29, 0.717) is 6.42 Å². The van der Waals surface area contributed by atoms with Crippen molar-refractivity contribution >= 4 is 5.91 Å². The van der Waals surface area contributed by atoms with Gasteiger partial charge in [0.1, 0.15) is 0 Å². The van der Waals surface area contributed by atoms with E-state index in [1.165, 1.54) is 7.11 Å². The number of terminal acetylenes is 1. The highest BCUT2D eigenvalue weighted by Gasteiger charge is 2.21. The fourth-order valence-corrected chi connectivity index (χ4v) is 1.53. The average Bonchev–Trinajstić information content (AvgIpc) is 2.38. The molecule has 1 N–H and O–H groups in total. The lowest BCUT2D eigenvalue weighted by atomic mass is 10.1. The van der Waals surface area contributed by atoms with Crippen molar-refractivity contribution in [3.63, 3.8) is 0 Å². The van der Waals surface area contributed by atoms with Gasteiger partial charge < -0.3 is 10.1 Å². The molecular formula is C14H17NO2. The molecule has 1 amide bonds. The first-order valence-electron chi connectivity index (χ1n) is 5.57. The first-order chi connectivity index (χ1) is 8.22. The summed E-state index contributed by atoms with van der Waals surface area (Å²) in [5.41, 5.74) is 0.819. The second-order valence-electron chi connectivity index (χ2n) is 3.66. The summed E-state index contributed by atoms with van der Waals surface area (Å²) in [6.07, 6.45) is 5.40. The molecule has 0 saturated heterocycles. The molecule has 0 saturated carbocycles. The van der Waals surface area contributed by atoms with Crippen LogP contribution < -0.4 is 5.32 Å². The van der Waals surface area contributed by atoms with Gasteiger partial charge >= 0.3 is 0 Å². The lowest BCUT2D eigenvalue weighted by Crippen LogP contribution is -2.37. The van der Waals surface area contributed by atoms with Crippen LogP contribution in [0, 0.1) is 12.3 Å². The van der Waals surface area contributed by atoms with Crippen LogP contribution in [0.4, 0.5) is 0 Å². The van der Waals surface area contributed by atoms with Crippen molar-refractivity contribution in [1.29, 1.82) is 0 Å². The molecule has 0 aliphatic carbocycles. The van der Waals surface area contributed by atoms with Crippen LogP contribution in [0.15, 0.2) is 30.3 Å². The average molecular weight is 231 g/mol. The van der Waals surface area contributed by atoms with Crippen molar-refractivity contribution in [2.75, 3.05) is 7.11 Å². The van der Waals surface area contributed by atoms with Crippen LogP contribution in [0.25, 0.3) is 0 Å². The maximum atomic E-state index is 12.0. The van der Waals surface area contributed by atoms with Gasteiger partial charge in [-0.05, 0) is 12.0 Å². The maximum Gasteiger partial charge on any atom is 0.254 e. The molecule has 2 unspecified atom stereocenters. The van der Waals surface area contributed by atoms with Crippen molar-refractivity contribution in [3.05, 3.63) is 35.9 Å². The van der Waals surface area contributed by atoms with E-state index < -0.39 is 6.10 Å². The molecule has 0 aliphatic rings. The van der Waals surface area contributed by atoms with Crippen molar-refractivity contribution in [1.82, 2.24) is 5.32 Å². The number of ether oxygens (including phenoxy) is 1. The zero-order valence-electron chi connectivity index (χ0n) is 10.1. The molecule has 3 heteroatoms. The van der Waals surface area contributed by atoms with Gasteiger partial charge in [0, 0.05) is 7.11 Å². The topological polar surface area (TPSA) is 38.3 Å². The number of hydrogen-bond donors (Lipinski definition) is 1. The monoisotopic (exact) mass is 231 g/mol. The lowest BCUT2D eigenvalue weighted by Gasteiger charge is -2.18. The van der Waals surface area contributed by atoms with Gasteiger partial charge in [-0.25, -0.2) is 0 Å². The number of benzene rings is 1. The summed E-state index contributed by atoms with van der Waals surface area (Å²) in [5, 5.41) is 2.77. The van der Waals surface area contributed by atoms with Crippen LogP contribution in [-0.4, -0.2) is 19.1 Å². The maximum absolute atomic E-state index is 12.0. The first kappa shape index (κ1) is 13.3. The Kier molecular flexibility index (Phi) is 5.25. The molecule has 0 spiro atoms. The largest absolute Gasteiger partial charge is 0.367 e. The Hall–Kier alpha value is -1.79. The molecule has 0 radical (unpaired) electrons. The summed E-state index contributed by atoms with van der Waals surface area (Å²) in [7, 11) is 1.51. The SMILES string of the molecule is C#CC(CC)NC(=O)C(OC)c1ccccc1. The first-order valence-corrected chi connectivity index (χ1v) is 5.57. The zero-order valence-corrected chi connectivity index (χ0v) is 10.1. The van der Waals surface area contributed by atoms with Crippen molar-refractivity contribution in [2.24, 2.45) is 0 Å². The molecule has 90 valence electrons. The fourth-order valence-electron chi connectivity index (χ4n) is 1.53. The van der Waals surface area contributed by atoms with E-state index in [1.54, 1.807) is 0 Å². The molecule has 1 aromatic rings. The minimum absolute atomic E-state index is 0.205. The molecular weight excluding hydrogens is 214 g/mol. The van der Waals surface area contributed by atoms with E-state index in [0.717, 1.165) is 5.56 Å². The fraction of sp³-hybridized carbons (Fsp3) is 0.357. The van der Waals surface area contributed by atoms with Gasteiger partial charge in [0.25, 0.3) is 5.91 Å². The summed E-state index contributed by atoms with van der Waals surface area (Å²) < 4.78 is 5.21. The highest BCUT2D eigenvalue weighted by atomic mass is 16.5. The van der Waals surface area contributed by atoms with Crippen LogP contribution in [0.3, 0.4) is 0 Å². The van der Waals surface area contributed by atoms with E-state index in [-0.39, 0.29) is 11.9 Å². The van der Waals surface area contributed by atoms with Gasteiger partial charge in [0.15, 0.2) is 6.10 Å². The van der Waals surface area contributed by atoms with Gasteiger partial charge in [-0.15, -0.1) is 6.42 Å². The smallest absolute Gasteiger partial charge is 0.254 e. The number of amides is 1. The lowest BCUT2D eigenvalue weighted by molar-refractivity contribution is -0.131. The number of hydrogen-bond acceptors (Lipinski definition) is 2. The Balaban J connectivity index is 2.76. The molecule has 1 aromatic carbocycles. The van der Waals surface area contributed by atoms with Crippen molar-refractivity contribution in [3.8, 4) is 12.3 Å². The standard InChI is InChI=1S/C14H17NO2/c1-4-12(5-2)15-14(16)13(17-3)11-9-7-6-8-10-11/h1,6-10,12-13H,5H2,2-3H3,(H,15,16). The van der Waals surface area contributed by atoms with Crippen molar-refractivity contribution in [2.45, 2.75) is 25.5 Å². The van der Waals surface area contributed by atoms with Crippen LogP contribution in [0.2, 0.25) is 0 Å². The van der Waals surface area contributed by atoms with E-state index in [2.05, 4.69) is 11.2 Å². The number of carbonyl (C=O) groups excluding carboxylic acids is 1. The second kappa shape index (κ2) is 6.72. The molecule has 1 rings (SSSR count). The molecule has 0 bridgehead atoms. The Morgan fingerprint density at radius 2 is 2.12 bits per heavy atom. The van der Waals surface area contributed by atoms with Crippen LogP contribution in [0.5, 0.6) is 0 Å².